The summed E-state index contributed by atoms with van der Waals surface area (Å²) in [5.41, 5.74) is 5.20. The van der Waals surface area contributed by atoms with Crippen molar-refractivity contribution in [3.05, 3.63) is 0 Å². The lowest BCUT2D eigenvalue weighted by Crippen LogP contribution is -2.17. The van der Waals surface area contributed by atoms with E-state index in [1.165, 1.54) is 0 Å². The van der Waals surface area contributed by atoms with Crippen LogP contribution in [0.1, 0.15) is 6.92 Å². The quantitative estimate of drug-likeness (QED) is 0.634. The molecule has 1 aromatic heterocycles. The number of aromatic nitrogens is 2. The Morgan fingerprint density at radius 2 is 2.40 bits per heavy atom. The van der Waals surface area contributed by atoms with Gasteiger partial charge in [-0.25, -0.2) is 0 Å². The van der Waals surface area contributed by atoms with Crippen molar-refractivity contribution in [2.24, 2.45) is 0 Å². The number of anilines is 2. The average molecular weight is 142 g/mol. The summed E-state index contributed by atoms with van der Waals surface area (Å²) in [5.74, 6) is 0.528. The van der Waals surface area contributed by atoms with E-state index in [1.807, 2.05) is 18.9 Å². The second-order valence-corrected chi connectivity index (χ2v) is 1.95. The lowest BCUT2D eigenvalue weighted by molar-refractivity contribution is 0.434. The monoisotopic (exact) mass is 142 g/mol. The summed E-state index contributed by atoms with van der Waals surface area (Å²) in [6.07, 6.45) is 0. The van der Waals surface area contributed by atoms with E-state index >= 15 is 0 Å². The maximum atomic E-state index is 5.20. The van der Waals surface area contributed by atoms with Gasteiger partial charge in [0.25, 0.3) is 5.95 Å². The summed E-state index contributed by atoms with van der Waals surface area (Å²) >= 11 is 0. The number of nitrogens with zero attached hydrogens (tertiary/aromatic N) is 3. The van der Waals surface area contributed by atoms with Crippen molar-refractivity contribution in [3.8, 4) is 0 Å². The highest BCUT2D eigenvalue weighted by Crippen LogP contribution is 2.06. The van der Waals surface area contributed by atoms with Crippen molar-refractivity contribution < 1.29 is 4.52 Å². The Morgan fingerprint density at radius 1 is 1.70 bits per heavy atom. The molecule has 1 heterocycles. The Kier molecular flexibility index (Phi) is 1.75. The molecule has 10 heavy (non-hydrogen) atoms. The minimum Gasteiger partial charge on any atom is -0.351 e. The smallest absolute Gasteiger partial charge is 0.320 e. The molecule has 0 spiro atoms. The molecule has 0 amide bonds. The number of hydrogen-bond donors (Lipinski definition) is 1. The lowest BCUT2D eigenvalue weighted by atomic mass is 10.6. The predicted molar refractivity (Wildman–Crippen MR) is 37.7 cm³/mol. The normalized spacial score (nSPS) is 9.80. The van der Waals surface area contributed by atoms with Crippen LogP contribution >= 0.6 is 0 Å². The number of rotatable bonds is 2. The SMILES string of the molecule is CCN(C)c1noc(N)n1. The Labute approximate surface area is 58.8 Å². The first kappa shape index (κ1) is 6.85. The first-order valence-electron chi connectivity index (χ1n) is 3.04. The van der Waals surface area contributed by atoms with Crippen LogP contribution in [-0.4, -0.2) is 23.7 Å². The number of nitrogen functional groups attached to an aromatic ring is 1. The van der Waals surface area contributed by atoms with Gasteiger partial charge in [0.2, 0.25) is 0 Å². The molecule has 0 fully saturated rings. The van der Waals surface area contributed by atoms with Gasteiger partial charge in [0.05, 0.1) is 0 Å². The van der Waals surface area contributed by atoms with Crippen molar-refractivity contribution in [2.45, 2.75) is 6.92 Å². The standard InChI is InChI=1S/C5H10N4O/c1-3-9(2)5-7-4(6)10-8-5/h3H2,1-2H3,(H2,6,7,8). The maximum absolute atomic E-state index is 5.20. The molecule has 5 nitrogen and oxygen atoms in total. The van der Waals surface area contributed by atoms with Crippen LogP contribution in [0.4, 0.5) is 12.0 Å². The van der Waals surface area contributed by atoms with Gasteiger partial charge in [0, 0.05) is 13.6 Å². The molecule has 0 aliphatic heterocycles. The second kappa shape index (κ2) is 2.55. The Morgan fingerprint density at radius 3 is 2.80 bits per heavy atom. The van der Waals surface area contributed by atoms with Gasteiger partial charge >= 0.3 is 6.01 Å². The predicted octanol–water partition coefficient (Wildman–Crippen LogP) is 0.108. The molecule has 0 radical (unpaired) electrons. The minimum absolute atomic E-state index is 0.107. The Bertz CT molecular complexity index is 209. The van der Waals surface area contributed by atoms with E-state index in [-0.39, 0.29) is 6.01 Å². The minimum atomic E-state index is 0.107. The highest BCUT2D eigenvalue weighted by Gasteiger charge is 2.04. The summed E-state index contributed by atoms with van der Waals surface area (Å²) in [4.78, 5) is 5.64. The van der Waals surface area contributed by atoms with Gasteiger partial charge in [-0.3, -0.25) is 0 Å². The van der Waals surface area contributed by atoms with Crippen LogP contribution in [0.25, 0.3) is 0 Å². The van der Waals surface area contributed by atoms with E-state index in [0.717, 1.165) is 6.54 Å². The highest BCUT2D eigenvalue weighted by molar-refractivity contribution is 5.29. The molecule has 5 heteroatoms. The van der Waals surface area contributed by atoms with Crippen LogP contribution in [0.3, 0.4) is 0 Å². The van der Waals surface area contributed by atoms with Gasteiger partial charge in [-0.2, -0.15) is 4.98 Å². The molecule has 2 N–H and O–H groups in total. The fraction of sp³-hybridized carbons (Fsp3) is 0.600. The van der Waals surface area contributed by atoms with Crippen molar-refractivity contribution in [1.82, 2.24) is 10.1 Å². The molecular weight excluding hydrogens is 132 g/mol. The second-order valence-electron chi connectivity index (χ2n) is 1.95. The van der Waals surface area contributed by atoms with Crippen LogP contribution in [0.15, 0.2) is 4.52 Å². The van der Waals surface area contributed by atoms with Crippen LogP contribution in [0.2, 0.25) is 0 Å². The van der Waals surface area contributed by atoms with Crippen LogP contribution in [0.5, 0.6) is 0 Å². The first-order valence-corrected chi connectivity index (χ1v) is 3.04. The molecule has 0 aromatic carbocycles. The molecular formula is C5H10N4O. The number of hydrogen-bond acceptors (Lipinski definition) is 5. The third-order valence-electron chi connectivity index (χ3n) is 1.25. The molecule has 0 atom stereocenters. The molecule has 56 valence electrons. The Hall–Kier alpha value is -1.26. The van der Waals surface area contributed by atoms with Gasteiger partial charge in [-0.1, -0.05) is 0 Å². The molecule has 1 aromatic rings. The van der Waals surface area contributed by atoms with Crippen molar-refractivity contribution >= 4 is 12.0 Å². The first-order chi connectivity index (χ1) is 4.74. The third-order valence-corrected chi connectivity index (χ3v) is 1.25. The van der Waals surface area contributed by atoms with Gasteiger partial charge in [0.15, 0.2) is 0 Å². The van der Waals surface area contributed by atoms with E-state index in [4.69, 9.17) is 5.73 Å². The zero-order valence-corrected chi connectivity index (χ0v) is 6.03. The highest BCUT2D eigenvalue weighted by atomic mass is 16.5. The van der Waals surface area contributed by atoms with Crippen LogP contribution < -0.4 is 10.6 Å². The molecule has 0 saturated carbocycles. The van der Waals surface area contributed by atoms with E-state index in [0.29, 0.717) is 5.95 Å². The van der Waals surface area contributed by atoms with E-state index in [9.17, 15) is 0 Å². The zero-order chi connectivity index (χ0) is 7.56. The van der Waals surface area contributed by atoms with Crippen molar-refractivity contribution in [1.29, 1.82) is 0 Å². The van der Waals surface area contributed by atoms with Gasteiger partial charge < -0.3 is 15.2 Å². The van der Waals surface area contributed by atoms with E-state index in [1.54, 1.807) is 0 Å². The zero-order valence-electron chi connectivity index (χ0n) is 6.03. The molecule has 1 rings (SSSR count). The summed E-state index contributed by atoms with van der Waals surface area (Å²) in [6.45, 7) is 2.82. The number of nitrogens with two attached hydrogens (primary N) is 1. The van der Waals surface area contributed by atoms with Crippen molar-refractivity contribution in [3.63, 3.8) is 0 Å². The lowest BCUT2D eigenvalue weighted by Gasteiger charge is -2.08. The average Bonchev–Trinajstić information content (AvgIpc) is 2.34. The topological polar surface area (TPSA) is 68.2 Å². The van der Waals surface area contributed by atoms with Crippen LogP contribution in [0, 0.1) is 0 Å². The maximum Gasteiger partial charge on any atom is 0.320 e. The van der Waals surface area contributed by atoms with Gasteiger partial charge in [-0.05, 0) is 12.1 Å². The summed E-state index contributed by atoms with van der Waals surface area (Å²) < 4.78 is 4.56. The van der Waals surface area contributed by atoms with Gasteiger partial charge in [-0.15, -0.1) is 0 Å². The third kappa shape index (κ3) is 1.18. The van der Waals surface area contributed by atoms with E-state index in [2.05, 4.69) is 14.7 Å². The fourth-order valence-corrected chi connectivity index (χ4v) is 0.523. The largest absolute Gasteiger partial charge is 0.351 e. The Balaban J connectivity index is 2.74. The molecule has 0 unspecified atom stereocenters. The molecule has 0 aliphatic rings. The summed E-state index contributed by atoms with van der Waals surface area (Å²) in [7, 11) is 1.87. The molecule has 0 bridgehead atoms. The van der Waals surface area contributed by atoms with Crippen molar-refractivity contribution in [2.75, 3.05) is 24.2 Å². The summed E-state index contributed by atoms with van der Waals surface area (Å²) in [5, 5.41) is 3.60. The fourth-order valence-electron chi connectivity index (χ4n) is 0.523. The summed E-state index contributed by atoms with van der Waals surface area (Å²) in [6, 6.07) is 0.107. The van der Waals surface area contributed by atoms with Gasteiger partial charge in [0.1, 0.15) is 0 Å². The van der Waals surface area contributed by atoms with Crippen LogP contribution in [-0.2, 0) is 0 Å². The molecule has 0 saturated heterocycles. The van der Waals surface area contributed by atoms with E-state index < -0.39 is 0 Å². The molecule has 0 aliphatic carbocycles.